The molecule has 1 aliphatic rings. The van der Waals surface area contributed by atoms with Crippen LogP contribution in [0.1, 0.15) is 35.5 Å². The Morgan fingerprint density at radius 3 is 2.58 bits per heavy atom. The molecule has 132 valence electrons. The number of aromatic hydroxyl groups is 1. The van der Waals surface area contributed by atoms with Gasteiger partial charge in [-0.05, 0) is 54.0 Å². The summed E-state index contributed by atoms with van der Waals surface area (Å²) in [6.07, 6.45) is 2.52. The largest absolute Gasteiger partial charge is 0.508 e. The highest BCUT2D eigenvalue weighted by molar-refractivity contribution is 7.71. The first-order valence-corrected chi connectivity index (χ1v) is 8.68. The summed E-state index contributed by atoms with van der Waals surface area (Å²) >= 11 is 5.31. The van der Waals surface area contributed by atoms with Gasteiger partial charge in [0, 0.05) is 6.04 Å². The van der Waals surface area contributed by atoms with Crippen molar-refractivity contribution in [1.82, 2.24) is 25.7 Å². The smallest absolute Gasteiger partial charge is 0.216 e. The van der Waals surface area contributed by atoms with E-state index in [0.29, 0.717) is 4.77 Å². The third-order valence-corrected chi connectivity index (χ3v) is 4.57. The summed E-state index contributed by atoms with van der Waals surface area (Å²) in [4.78, 5) is 0. The van der Waals surface area contributed by atoms with E-state index in [1.54, 1.807) is 35.2 Å². The Hall–Kier alpha value is -2.81. The van der Waals surface area contributed by atoms with E-state index in [1.165, 1.54) is 5.56 Å². The molecule has 1 aromatic heterocycles. The predicted octanol–water partition coefficient (Wildman–Crippen LogP) is 2.81. The molecule has 8 heteroatoms. The van der Waals surface area contributed by atoms with E-state index in [2.05, 4.69) is 38.3 Å². The van der Waals surface area contributed by atoms with Gasteiger partial charge in [0.05, 0.1) is 12.3 Å². The Kier molecular flexibility index (Phi) is 4.61. The van der Waals surface area contributed by atoms with Crippen molar-refractivity contribution in [2.45, 2.75) is 18.5 Å². The minimum Gasteiger partial charge on any atom is -0.508 e. The Morgan fingerprint density at radius 2 is 1.81 bits per heavy atom. The van der Waals surface area contributed by atoms with Crippen molar-refractivity contribution >= 4 is 18.4 Å². The molecule has 7 nitrogen and oxygen atoms in total. The molecule has 1 aliphatic heterocycles. The zero-order valence-electron chi connectivity index (χ0n) is 13.8. The molecule has 0 aliphatic carbocycles. The average Bonchev–Trinajstić information content (AvgIpc) is 3.29. The standard InChI is InChI=1S/C18H18N6OS/c25-14-8-6-12(7-9-14)11-19-24-17(22-23-18(24)26)16-10-15(20-21-16)13-4-2-1-3-5-13/h1-9,11,15-16,20-21,25H,10H2,(H,23,26)/b19-11+. The van der Waals surface area contributed by atoms with Gasteiger partial charge in [-0.3, -0.25) is 5.10 Å². The first kappa shape index (κ1) is 16.6. The van der Waals surface area contributed by atoms with Crippen molar-refractivity contribution < 1.29 is 5.11 Å². The number of hydrazine groups is 1. The summed E-state index contributed by atoms with van der Waals surface area (Å²) in [5.41, 5.74) is 8.66. The number of nitrogens with zero attached hydrogens (tertiary/aromatic N) is 3. The molecule has 0 amide bonds. The maximum atomic E-state index is 9.36. The molecular weight excluding hydrogens is 348 g/mol. The Balaban J connectivity index is 1.55. The molecule has 0 saturated carbocycles. The second kappa shape index (κ2) is 7.20. The van der Waals surface area contributed by atoms with Crippen molar-refractivity contribution in [3.63, 3.8) is 0 Å². The maximum absolute atomic E-state index is 9.36. The van der Waals surface area contributed by atoms with Gasteiger partial charge in [-0.2, -0.15) is 14.9 Å². The van der Waals surface area contributed by atoms with E-state index < -0.39 is 0 Å². The fourth-order valence-electron chi connectivity index (χ4n) is 2.96. The van der Waals surface area contributed by atoms with Crippen molar-refractivity contribution in [2.75, 3.05) is 0 Å². The Labute approximate surface area is 155 Å². The van der Waals surface area contributed by atoms with Crippen LogP contribution in [0.15, 0.2) is 59.7 Å². The molecule has 0 radical (unpaired) electrons. The molecule has 4 N–H and O–H groups in total. The molecule has 26 heavy (non-hydrogen) atoms. The van der Waals surface area contributed by atoms with Crippen LogP contribution in [0.4, 0.5) is 0 Å². The summed E-state index contributed by atoms with van der Waals surface area (Å²) in [5, 5.41) is 21.0. The van der Waals surface area contributed by atoms with Gasteiger partial charge < -0.3 is 5.11 Å². The van der Waals surface area contributed by atoms with Gasteiger partial charge in [0.25, 0.3) is 0 Å². The summed E-state index contributed by atoms with van der Waals surface area (Å²) in [6, 6.07) is 17.2. The van der Waals surface area contributed by atoms with Crippen LogP contribution in [-0.2, 0) is 0 Å². The number of nitrogens with one attached hydrogen (secondary N) is 3. The molecule has 0 spiro atoms. The summed E-state index contributed by atoms with van der Waals surface area (Å²) in [6.45, 7) is 0. The van der Waals surface area contributed by atoms with Gasteiger partial charge in [-0.25, -0.2) is 10.9 Å². The zero-order valence-corrected chi connectivity index (χ0v) is 14.6. The molecular formula is C18H18N6OS. The Bertz CT molecular complexity index is 963. The molecule has 1 saturated heterocycles. The first-order chi connectivity index (χ1) is 12.7. The number of aromatic nitrogens is 3. The van der Waals surface area contributed by atoms with E-state index in [1.807, 2.05) is 18.2 Å². The molecule has 4 rings (SSSR count). The lowest BCUT2D eigenvalue weighted by atomic mass is 10.0. The van der Waals surface area contributed by atoms with Gasteiger partial charge in [-0.1, -0.05) is 30.3 Å². The van der Waals surface area contributed by atoms with Gasteiger partial charge in [-0.15, -0.1) is 0 Å². The average molecular weight is 366 g/mol. The maximum Gasteiger partial charge on any atom is 0.216 e. The van der Waals surface area contributed by atoms with Crippen molar-refractivity contribution in [3.05, 3.63) is 76.3 Å². The van der Waals surface area contributed by atoms with Crippen LogP contribution < -0.4 is 10.9 Å². The highest BCUT2D eigenvalue weighted by Gasteiger charge is 2.29. The van der Waals surface area contributed by atoms with Gasteiger partial charge in [0.1, 0.15) is 5.75 Å². The van der Waals surface area contributed by atoms with Crippen LogP contribution >= 0.6 is 12.2 Å². The van der Waals surface area contributed by atoms with Crippen LogP contribution in [-0.4, -0.2) is 26.2 Å². The quantitative estimate of drug-likeness (QED) is 0.421. The number of rotatable bonds is 4. The van der Waals surface area contributed by atoms with Crippen molar-refractivity contribution in [3.8, 4) is 5.75 Å². The molecule has 2 atom stereocenters. The fraction of sp³-hybridized carbons (Fsp3) is 0.167. The second-order valence-corrected chi connectivity index (χ2v) is 6.46. The van der Waals surface area contributed by atoms with Crippen LogP contribution in [0.5, 0.6) is 5.75 Å². The molecule has 0 bridgehead atoms. The van der Waals surface area contributed by atoms with Crippen LogP contribution in [0.2, 0.25) is 0 Å². The lowest BCUT2D eigenvalue weighted by molar-refractivity contribution is 0.475. The van der Waals surface area contributed by atoms with E-state index in [0.717, 1.165) is 17.8 Å². The summed E-state index contributed by atoms with van der Waals surface area (Å²) in [5.74, 6) is 0.937. The van der Waals surface area contributed by atoms with Crippen LogP contribution in [0.3, 0.4) is 0 Å². The van der Waals surface area contributed by atoms with Crippen LogP contribution in [0.25, 0.3) is 0 Å². The van der Waals surface area contributed by atoms with E-state index in [-0.39, 0.29) is 17.8 Å². The predicted molar refractivity (Wildman–Crippen MR) is 101 cm³/mol. The number of hydrogen-bond acceptors (Lipinski definition) is 6. The summed E-state index contributed by atoms with van der Waals surface area (Å²) in [7, 11) is 0. The van der Waals surface area contributed by atoms with Crippen molar-refractivity contribution in [1.29, 1.82) is 0 Å². The van der Waals surface area contributed by atoms with Gasteiger partial charge in [0.15, 0.2) is 5.82 Å². The highest BCUT2D eigenvalue weighted by atomic mass is 32.1. The molecule has 2 aromatic carbocycles. The lowest BCUT2D eigenvalue weighted by Crippen LogP contribution is -2.27. The van der Waals surface area contributed by atoms with Gasteiger partial charge in [0.2, 0.25) is 4.77 Å². The third kappa shape index (κ3) is 3.43. The normalized spacial score (nSPS) is 20.0. The van der Waals surface area contributed by atoms with Crippen LogP contribution in [0, 0.1) is 4.77 Å². The number of phenols is 1. The topological polar surface area (TPSA) is 90.3 Å². The monoisotopic (exact) mass is 366 g/mol. The van der Waals surface area contributed by atoms with Gasteiger partial charge >= 0.3 is 0 Å². The molecule has 2 unspecified atom stereocenters. The minimum atomic E-state index is -0.0230. The summed E-state index contributed by atoms with van der Waals surface area (Å²) < 4.78 is 2.05. The highest BCUT2D eigenvalue weighted by Crippen LogP contribution is 2.29. The number of phenolic OH excluding ortho intramolecular Hbond substituents is 1. The SMILES string of the molecule is Oc1ccc(/C=N/n2c(C3CC(c4ccccc4)NN3)n[nH]c2=S)cc1. The number of aromatic amines is 1. The second-order valence-electron chi connectivity index (χ2n) is 6.08. The zero-order chi connectivity index (χ0) is 17.9. The first-order valence-electron chi connectivity index (χ1n) is 8.27. The Morgan fingerprint density at radius 1 is 1.08 bits per heavy atom. The molecule has 2 heterocycles. The lowest BCUT2D eigenvalue weighted by Gasteiger charge is -2.09. The molecule has 1 fully saturated rings. The minimum absolute atomic E-state index is 0.0230. The third-order valence-electron chi connectivity index (χ3n) is 4.31. The molecule has 3 aromatic rings. The van der Waals surface area contributed by atoms with E-state index in [9.17, 15) is 5.11 Å². The number of benzene rings is 2. The number of H-pyrrole nitrogens is 1. The van der Waals surface area contributed by atoms with Crippen molar-refractivity contribution in [2.24, 2.45) is 5.10 Å². The fourth-order valence-corrected chi connectivity index (χ4v) is 3.14. The van der Waals surface area contributed by atoms with E-state index >= 15 is 0 Å². The van der Waals surface area contributed by atoms with E-state index in [4.69, 9.17) is 12.2 Å². The number of hydrogen-bond donors (Lipinski definition) is 4.